The van der Waals surface area contributed by atoms with Crippen LogP contribution in [0.4, 0.5) is 0 Å². The Balaban J connectivity index is 2.24. The monoisotopic (exact) mass is 244 g/mol. The van der Waals surface area contributed by atoms with Gasteiger partial charge in [-0.15, -0.1) is 11.3 Å². The van der Waals surface area contributed by atoms with Gasteiger partial charge in [-0.05, 0) is 13.8 Å². The summed E-state index contributed by atoms with van der Waals surface area (Å²) in [5, 5.41) is 6.58. The van der Waals surface area contributed by atoms with Crippen LogP contribution >= 0.6 is 11.3 Å². The van der Waals surface area contributed by atoms with E-state index in [9.17, 15) is 0 Å². The maximum atomic E-state index is 5.17. The lowest BCUT2D eigenvalue weighted by Gasteiger charge is -2.21. The molecule has 0 amide bonds. The van der Waals surface area contributed by atoms with Gasteiger partial charge in [-0.3, -0.25) is 0 Å². The summed E-state index contributed by atoms with van der Waals surface area (Å²) in [4.78, 5) is 4.41. The second-order valence-electron chi connectivity index (χ2n) is 3.69. The molecule has 5 heteroatoms. The quantitative estimate of drug-likeness (QED) is 0.740. The van der Waals surface area contributed by atoms with Crippen LogP contribution in [0.5, 0.6) is 0 Å². The first kappa shape index (κ1) is 13.6. The summed E-state index contributed by atoms with van der Waals surface area (Å²) in [6, 6.07) is 0.176. The van der Waals surface area contributed by atoms with Crippen LogP contribution in [0.25, 0.3) is 0 Å². The summed E-state index contributed by atoms with van der Waals surface area (Å²) in [6.07, 6.45) is 0.742. The van der Waals surface area contributed by atoms with Crippen molar-refractivity contribution >= 4 is 11.3 Å². The molecule has 16 heavy (non-hydrogen) atoms. The molecule has 92 valence electrons. The van der Waals surface area contributed by atoms with Gasteiger partial charge in [0.15, 0.2) is 6.29 Å². The normalized spacial score (nSPS) is 13.3. The number of nitrogens with one attached hydrogen (secondary N) is 1. The highest BCUT2D eigenvalue weighted by molar-refractivity contribution is 7.09. The average Bonchev–Trinajstić information content (AvgIpc) is 2.66. The molecule has 0 fully saturated rings. The predicted octanol–water partition coefficient (Wildman–Crippen LogP) is 1.59. The molecule has 1 rings (SSSR count). The SMILES string of the molecule is COC(OC)C(C)NCCc1csc(C)n1. The van der Waals surface area contributed by atoms with Crippen LogP contribution in [-0.4, -0.2) is 38.1 Å². The van der Waals surface area contributed by atoms with Gasteiger partial charge in [0, 0.05) is 32.6 Å². The van der Waals surface area contributed by atoms with Gasteiger partial charge < -0.3 is 14.8 Å². The number of aromatic nitrogens is 1. The largest absolute Gasteiger partial charge is 0.354 e. The second kappa shape index (κ2) is 6.96. The molecule has 0 aromatic carbocycles. The highest BCUT2D eigenvalue weighted by Crippen LogP contribution is 2.08. The summed E-state index contributed by atoms with van der Waals surface area (Å²) >= 11 is 1.69. The van der Waals surface area contributed by atoms with Crippen molar-refractivity contribution in [3.63, 3.8) is 0 Å². The topological polar surface area (TPSA) is 43.4 Å². The number of ether oxygens (including phenoxy) is 2. The minimum absolute atomic E-state index is 0.176. The molecule has 4 nitrogen and oxygen atoms in total. The van der Waals surface area contributed by atoms with Gasteiger partial charge in [0.2, 0.25) is 0 Å². The minimum atomic E-state index is -0.197. The van der Waals surface area contributed by atoms with Crippen molar-refractivity contribution in [1.29, 1.82) is 0 Å². The molecule has 0 aliphatic heterocycles. The Morgan fingerprint density at radius 1 is 1.44 bits per heavy atom. The third-order valence-electron chi connectivity index (χ3n) is 2.39. The van der Waals surface area contributed by atoms with E-state index in [-0.39, 0.29) is 12.3 Å². The molecule has 1 aromatic rings. The number of nitrogens with zero attached hydrogens (tertiary/aromatic N) is 1. The van der Waals surface area contributed by atoms with E-state index in [1.165, 1.54) is 0 Å². The van der Waals surface area contributed by atoms with Crippen LogP contribution in [-0.2, 0) is 15.9 Å². The van der Waals surface area contributed by atoms with E-state index in [1.54, 1.807) is 25.6 Å². The molecular formula is C11H20N2O2S. The van der Waals surface area contributed by atoms with Crippen LogP contribution in [0.15, 0.2) is 5.38 Å². The van der Waals surface area contributed by atoms with E-state index in [0.29, 0.717) is 0 Å². The van der Waals surface area contributed by atoms with Gasteiger partial charge in [0.25, 0.3) is 0 Å². The molecule has 0 saturated carbocycles. The van der Waals surface area contributed by atoms with Crippen LogP contribution in [0, 0.1) is 6.92 Å². The van der Waals surface area contributed by atoms with E-state index >= 15 is 0 Å². The molecule has 1 unspecified atom stereocenters. The van der Waals surface area contributed by atoms with E-state index < -0.39 is 0 Å². The zero-order chi connectivity index (χ0) is 12.0. The Morgan fingerprint density at radius 3 is 2.62 bits per heavy atom. The third kappa shape index (κ3) is 4.17. The van der Waals surface area contributed by atoms with Crippen molar-refractivity contribution < 1.29 is 9.47 Å². The Labute approximate surface area is 101 Å². The fraction of sp³-hybridized carbons (Fsp3) is 0.727. The molecule has 1 N–H and O–H groups in total. The van der Waals surface area contributed by atoms with Crippen molar-refractivity contribution in [3.05, 3.63) is 16.1 Å². The first-order valence-corrected chi connectivity index (χ1v) is 6.25. The van der Waals surface area contributed by atoms with Crippen molar-refractivity contribution in [2.45, 2.75) is 32.6 Å². The summed E-state index contributed by atoms with van der Waals surface area (Å²) in [7, 11) is 3.30. The predicted molar refractivity (Wildman–Crippen MR) is 65.8 cm³/mol. The zero-order valence-corrected chi connectivity index (χ0v) is 11.1. The summed E-state index contributed by atoms with van der Waals surface area (Å²) < 4.78 is 10.3. The standard InChI is InChI=1S/C11H20N2O2S/c1-8(11(14-3)15-4)12-6-5-10-7-16-9(2)13-10/h7-8,11-12H,5-6H2,1-4H3. The lowest BCUT2D eigenvalue weighted by molar-refractivity contribution is -0.119. The smallest absolute Gasteiger partial charge is 0.171 e. The number of thiazole rings is 1. The number of rotatable bonds is 7. The van der Waals surface area contributed by atoms with Crippen molar-refractivity contribution in [3.8, 4) is 0 Å². The third-order valence-corrected chi connectivity index (χ3v) is 3.21. The Hall–Kier alpha value is -0.490. The number of aryl methyl sites for hydroxylation is 1. The first-order valence-electron chi connectivity index (χ1n) is 5.37. The van der Waals surface area contributed by atoms with Crippen molar-refractivity contribution in [2.24, 2.45) is 0 Å². The Bertz CT molecular complexity index is 300. The summed E-state index contributed by atoms with van der Waals surface area (Å²) in [5.74, 6) is 0. The summed E-state index contributed by atoms with van der Waals surface area (Å²) in [6.45, 7) is 4.95. The molecule has 0 bridgehead atoms. The van der Waals surface area contributed by atoms with Crippen LogP contribution in [0.2, 0.25) is 0 Å². The molecular weight excluding hydrogens is 224 g/mol. The van der Waals surface area contributed by atoms with Crippen molar-refractivity contribution in [1.82, 2.24) is 10.3 Å². The van der Waals surface area contributed by atoms with Crippen LogP contribution in [0.1, 0.15) is 17.6 Å². The molecule has 0 aliphatic carbocycles. The Kier molecular flexibility index (Phi) is 5.90. The van der Waals surface area contributed by atoms with Gasteiger partial charge in [-0.2, -0.15) is 0 Å². The molecule has 1 atom stereocenters. The van der Waals surface area contributed by atoms with Gasteiger partial charge in [-0.25, -0.2) is 4.98 Å². The number of methoxy groups -OCH3 is 2. The van der Waals surface area contributed by atoms with Crippen molar-refractivity contribution in [2.75, 3.05) is 20.8 Å². The van der Waals surface area contributed by atoms with E-state index in [1.807, 2.05) is 13.8 Å². The fourth-order valence-corrected chi connectivity index (χ4v) is 2.20. The highest BCUT2D eigenvalue weighted by atomic mass is 32.1. The summed E-state index contributed by atoms with van der Waals surface area (Å²) in [5.41, 5.74) is 1.15. The van der Waals surface area contributed by atoms with Gasteiger partial charge >= 0.3 is 0 Å². The Morgan fingerprint density at radius 2 is 2.12 bits per heavy atom. The molecule has 0 radical (unpaired) electrons. The van der Waals surface area contributed by atoms with Gasteiger partial charge in [0.1, 0.15) is 0 Å². The van der Waals surface area contributed by atoms with E-state index in [0.717, 1.165) is 23.7 Å². The van der Waals surface area contributed by atoms with Crippen LogP contribution in [0.3, 0.4) is 0 Å². The lowest BCUT2D eigenvalue weighted by atomic mass is 10.3. The molecule has 1 heterocycles. The first-order chi connectivity index (χ1) is 7.67. The molecule has 0 spiro atoms. The fourth-order valence-electron chi connectivity index (χ4n) is 1.55. The lowest BCUT2D eigenvalue weighted by Crippen LogP contribution is -2.40. The minimum Gasteiger partial charge on any atom is -0.354 e. The zero-order valence-electron chi connectivity index (χ0n) is 10.3. The number of hydrogen-bond acceptors (Lipinski definition) is 5. The second-order valence-corrected chi connectivity index (χ2v) is 4.75. The van der Waals surface area contributed by atoms with E-state index in [4.69, 9.17) is 9.47 Å². The highest BCUT2D eigenvalue weighted by Gasteiger charge is 2.14. The van der Waals surface area contributed by atoms with Gasteiger partial charge in [-0.1, -0.05) is 0 Å². The van der Waals surface area contributed by atoms with Gasteiger partial charge in [0.05, 0.1) is 16.7 Å². The average molecular weight is 244 g/mol. The number of hydrogen-bond donors (Lipinski definition) is 1. The van der Waals surface area contributed by atoms with E-state index in [2.05, 4.69) is 15.7 Å². The molecule has 1 aromatic heterocycles. The van der Waals surface area contributed by atoms with Crippen LogP contribution < -0.4 is 5.32 Å². The maximum absolute atomic E-state index is 5.17. The molecule has 0 aliphatic rings. The molecule has 0 saturated heterocycles. The maximum Gasteiger partial charge on any atom is 0.171 e.